The zero-order valence-electron chi connectivity index (χ0n) is 11.8. The minimum atomic E-state index is -0.599. The normalized spacial score (nSPS) is 39.7. The highest BCUT2D eigenvalue weighted by molar-refractivity contribution is 5.71. The number of hydrogen-bond acceptors (Lipinski definition) is 3. The van der Waals surface area contributed by atoms with Gasteiger partial charge in [-0.05, 0) is 39.2 Å². The molecule has 1 saturated heterocycles. The molecular formula is C14H26N2O2. The number of likely N-dealkylation sites (N-methyl/N-ethyl adjacent to an activating group) is 1. The second kappa shape index (κ2) is 5.57. The van der Waals surface area contributed by atoms with Crippen molar-refractivity contribution in [2.24, 2.45) is 11.8 Å². The Morgan fingerprint density at radius 1 is 1.22 bits per heavy atom. The Bertz CT molecular complexity index is 308. The van der Waals surface area contributed by atoms with Crippen LogP contribution in [0.1, 0.15) is 33.1 Å². The Labute approximate surface area is 110 Å². The summed E-state index contributed by atoms with van der Waals surface area (Å²) in [7, 11) is 2.14. The molecule has 2 rings (SSSR count). The van der Waals surface area contributed by atoms with Crippen LogP contribution in [-0.4, -0.2) is 59.6 Å². The van der Waals surface area contributed by atoms with Crippen LogP contribution in [0.2, 0.25) is 0 Å². The van der Waals surface area contributed by atoms with Crippen LogP contribution in [0.15, 0.2) is 0 Å². The van der Waals surface area contributed by atoms with Crippen molar-refractivity contribution < 1.29 is 9.90 Å². The lowest BCUT2D eigenvalue weighted by Crippen LogP contribution is -2.58. The van der Waals surface area contributed by atoms with Gasteiger partial charge in [0.05, 0.1) is 5.92 Å². The maximum Gasteiger partial charge on any atom is 0.308 e. The predicted octanol–water partition coefficient (Wildman–Crippen LogP) is 1.51. The van der Waals surface area contributed by atoms with Gasteiger partial charge >= 0.3 is 5.97 Å². The molecule has 1 aliphatic heterocycles. The van der Waals surface area contributed by atoms with Crippen molar-refractivity contribution in [1.82, 2.24) is 9.80 Å². The minimum Gasteiger partial charge on any atom is -0.481 e. The van der Waals surface area contributed by atoms with Crippen LogP contribution in [0.25, 0.3) is 0 Å². The molecule has 1 aliphatic carbocycles. The number of carboxylic acids is 1. The van der Waals surface area contributed by atoms with Gasteiger partial charge in [0.15, 0.2) is 0 Å². The number of nitrogens with zero attached hydrogens (tertiary/aromatic N) is 2. The molecule has 0 radical (unpaired) electrons. The smallest absolute Gasteiger partial charge is 0.308 e. The largest absolute Gasteiger partial charge is 0.481 e. The summed E-state index contributed by atoms with van der Waals surface area (Å²) in [6.45, 7) is 7.61. The Hall–Kier alpha value is -0.610. The van der Waals surface area contributed by atoms with Crippen molar-refractivity contribution in [3.05, 3.63) is 0 Å². The van der Waals surface area contributed by atoms with Crippen LogP contribution in [0.5, 0.6) is 0 Å². The van der Waals surface area contributed by atoms with Crippen molar-refractivity contribution in [3.63, 3.8) is 0 Å². The average Bonchev–Trinajstić information content (AvgIpc) is 2.28. The molecule has 1 saturated carbocycles. The average molecular weight is 254 g/mol. The first-order valence-corrected chi connectivity index (χ1v) is 7.16. The first kappa shape index (κ1) is 13.8. The number of carbonyl (C=O) groups is 1. The summed E-state index contributed by atoms with van der Waals surface area (Å²) in [5, 5.41) is 9.43. The van der Waals surface area contributed by atoms with Gasteiger partial charge in [-0.25, -0.2) is 0 Å². The zero-order valence-corrected chi connectivity index (χ0v) is 11.8. The molecule has 0 aromatic rings. The molecule has 0 spiro atoms. The van der Waals surface area contributed by atoms with E-state index in [1.165, 1.54) is 0 Å². The molecule has 1 N–H and O–H groups in total. The van der Waals surface area contributed by atoms with Crippen LogP contribution in [0.3, 0.4) is 0 Å². The van der Waals surface area contributed by atoms with E-state index in [4.69, 9.17) is 0 Å². The van der Waals surface area contributed by atoms with Gasteiger partial charge in [0, 0.05) is 31.7 Å². The zero-order chi connectivity index (χ0) is 13.3. The number of piperazine rings is 1. The van der Waals surface area contributed by atoms with E-state index in [-0.39, 0.29) is 12.0 Å². The van der Waals surface area contributed by atoms with E-state index in [1.54, 1.807) is 0 Å². The van der Waals surface area contributed by atoms with Gasteiger partial charge in [0.2, 0.25) is 0 Å². The van der Waals surface area contributed by atoms with E-state index < -0.39 is 5.97 Å². The van der Waals surface area contributed by atoms with Crippen molar-refractivity contribution >= 4 is 5.97 Å². The highest BCUT2D eigenvalue weighted by Gasteiger charge is 2.39. The number of rotatable bonds is 2. The SMILES string of the molecule is CC1CCC(C(=O)O)C(N2CCN(C)CC2C)C1. The molecule has 1 heterocycles. The third-order valence-electron chi connectivity index (χ3n) is 4.70. The Kier molecular flexibility index (Phi) is 4.28. The van der Waals surface area contributed by atoms with Gasteiger partial charge in [-0.3, -0.25) is 9.69 Å². The summed E-state index contributed by atoms with van der Waals surface area (Å²) in [6.07, 6.45) is 2.96. The molecule has 4 atom stereocenters. The molecule has 4 unspecified atom stereocenters. The maximum atomic E-state index is 11.4. The Morgan fingerprint density at radius 3 is 2.56 bits per heavy atom. The third kappa shape index (κ3) is 2.86. The fourth-order valence-corrected chi connectivity index (χ4v) is 3.65. The van der Waals surface area contributed by atoms with E-state index in [2.05, 4.69) is 30.7 Å². The topological polar surface area (TPSA) is 43.8 Å². The van der Waals surface area contributed by atoms with Crippen molar-refractivity contribution in [2.75, 3.05) is 26.7 Å². The third-order valence-corrected chi connectivity index (χ3v) is 4.70. The molecule has 0 amide bonds. The number of hydrogen-bond donors (Lipinski definition) is 1. The molecule has 0 aromatic carbocycles. The van der Waals surface area contributed by atoms with Gasteiger partial charge in [-0.1, -0.05) is 6.92 Å². The molecule has 18 heavy (non-hydrogen) atoms. The first-order valence-electron chi connectivity index (χ1n) is 7.16. The van der Waals surface area contributed by atoms with E-state index in [9.17, 15) is 9.90 Å². The van der Waals surface area contributed by atoms with Crippen LogP contribution in [0.4, 0.5) is 0 Å². The van der Waals surface area contributed by atoms with E-state index in [0.29, 0.717) is 12.0 Å². The van der Waals surface area contributed by atoms with E-state index >= 15 is 0 Å². The fraction of sp³-hybridized carbons (Fsp3) is 0.929. The van der Waals surface area contributed by atoms with Crippen molar-refractivity contribution in [2.45, 2.75) is 45.2 Å². The maximum absolute atomic E-state index is 11.4. The molecular weight excluding hydrogens is 228 g/mol. The van der Waals surface area contributed by atoms with Gasteiger partial charge < -0.3 is 10.0 Å². The van der Waals surface area contributed by atoms with Gasteiger partial charge in [-0.15, -0.1) is 0 Å². The first-order chi connectivity index (χ1) is 8.49. The summed E-state index contributed by atoms with van der Waals surface area (Å²) in [6, 6.07) is 0.718. The van der Waals surface area contributed by atoms with Crippen LogP contribution < -0.4 is 0 Å². The number of aliphatic carboxylic acids is 1. The molecule has 4 nitrogen and oxygen atoms in total. The quantitative estimate of drug-likeness (QED) is 0.811. The van der Waals surface area contributed by atoms with E-state index in [0.717, 1.165) is 38.9 Å². The summed E-state index contributed by atoms with van der Waals surface area (Å²) in [5.41, 5.74) is 0. The van der Waals surface area contributed by atoms with Crippen molar-refractivity contribution in [1.29, 1.82) is 0 Å². The van der Waals surface area contributed by atoms with Crippen LogP contribution in [0, 0.1) is 11.8 Å². The van der Waals surface area contributed by atoms with Crippen molar-refractivity contribution in [3.8, 4) is 0 Å². The second-order valence-corrected chi connectivity index (χ2v) is 6.28. The summed E-state index contributed by atoms with van der Waals surface area (Å²) < 4.78 is 0. The predicted molar refractivity (Wildman–Crippen MR) is 71.6 cm³/mol. The van der Waals surface area contributed by atoms with Gasteiger partial charge in [0.1, 0.15) is 0 Å². The van der Waals surface area contributed by atoms with E-state index in [1.807, 2.05) is 0 Å². The highest BCUT2D eigenvalue weighted by atomic mass is 16.4. The summed E-state index contributed by atoms with van der Waals surface area (Å²) in [5.74, 6) is -0.0949. The molecule has 4 heteroatoms. The second-order valence-electron chi connectivity index (χ2n) is 6.28. The number of carboxylic acid groups (broad SMARTS) is 1. The van der Waals surface area contributed by atoms with Crippen LogP contribution >= 0.6 is 0 Å². The Morgan fingerprint density at radius 2 is 1.94 bits per heavy atom. The lowest BCUT2D eigenvalue weighted by atomic mass is 9.77. The molecule has 2 aliphatic rings. The minimum absolute atomic E-state index is 0.160. The lowest BCUT2D eigenvalue weighted by molar-refractivity contribution is -0.147. The monoisotopic (exact) mass is 254 g/mol. The summed E-state index contributed by atoms with van der Waals surface area (Å²) >= 11 is 0. The standard InChI is InChI=1S/C14H26N2O2/c1-10-4-5-12(14(17)18)13(8-10)16-7-6-15(3)9-11(16)2/h10-13H,4-9H2,1-3H3,(H,17,18). The van der Waals surface area contributed by atoms with Gasteiger partial charge in [-0.2, -0.15) is 0 Å². The molecule has 2 fully saturated rings. The fourth-order valence-electron chi connectivity index (χ4n) is 3.65. The molecule has 0 aromatic heterocycles. The van der Waals surface area contributed by atoms with Crippen LogP contribution in [-0.2, 0) is 4.79 Å². The Balaban J connectivity index is 2.09. The highest BCUT2D eigenvalue weighted by Crippen LogP contribution is 2.34. The molecule has 104 valence electrons. The van der Waals surface area contributed by atoms with Gasteiger partial charge in [0.25, 0.3) is 0 Å². The summed E-state index contributed by atoms with van der Waals surface area (Å²) in [4.78, 5) is 16.2. The lowest BCUT2D eigenvalue weighted by Gasteiger charge is -2.47. The molecule has 0 bridgehead atoms.